The van der Waals surface area contributed by atoms with Crippen molar-refractivity contribution in [1.82, 2.24) is 0 Å². The predicted octanol–water partition coefficient (Wildman–Crippen LogP) is 3.66. The molecule has 0 saturated carbocycles. The molecule has 0 fully saturated rings. The summed E-state index contributed by atoms with van der Waals surface area (Å²) >= 11 is 1.64. The fraction of sp³-hybridized carbons (Fsp3) is 0.0667. The number of phenols is 1. The minimum atomic E-state index is -0.151. The first-order valence-corrected chi connectivity index (χ1v) is 6.70. The lowest BCUT2D eigenvalue weighted by Crippen LogP contribution is -2.11. The molecule has 0 spiro atoms. The van der Waals surface area contributed by atoms with Gasteiger partial charge in [-0.25, -0.2) is 0 Å². The Kier molecular flexibility index (Phi) is 2.78. The fourth-order valence-electron chi connectivity index (χ4n) is 2.21. The molecule has 90 valence electrons. The molecule has 3 rings (SSSR count). The van der Waals surface area contributed by atoms with Gasteiger partial charge >= 0.3 is 0 Å². The molecule has 1 aromatic heterocycles. The van der Waals surface area contributed by atoms with E-state index in [4.69, 9.17) is 5.73 Å². The smallest absolute Gasteiger partial charge is 0.123 e. The highest BCUT2D eigenvalue weighted by molar-refractivity contribution is 7.08. The molecule has 0 bridgehead atoms. The summed E-state index contributed by atoms with van der Waals surface area (Å²) in [5, 5.41) is 15.8. The molecular formula is C15H13NOS. The van der Waals surface area contributed by atoms with Gasteiger partial charge in [0.05, 0.1) is 6.04 Å². The summed E-state index contributed by atoms with van der Waals surface area (Å²) in [4.78, 5) is 0. The molecule has 2 nitrogen and oxygen atoms in total. The molecular weight excluding hydrogens is 242 g/mol. The molecule has 3 aromatic rings. The average molecular weight is 255 g/mol. The van der Waals surface area contributed by atoms with Crippen molar-refractivity contribution in [2.24, 2.45) is 5.73 Å². The molecule has 3 heteroatoms. The number of thiophene rings is 1. The lowest BCUT2D eigenvalue weighted by molar-refractivity contribution is 0.481. The Labute approximate surface area is 109 Å². The van der Waals surface area contributed by atoms with Crippen molar-refractivity contribution in [2.75, 3.05) is 0 Å². The number of aromatic hydroxyl groups is 1. The zero-order valence-corrected chi connectivity index (χ0v) is 10.5. The second kappa shape index (κ2) is 4.44. The summed E-state index contributed by atoms with van der Waals surface area (Å²) < 4.78 is 0. The van der Waals surface area contributed by atoms with E-state index in [-0.39, 0.29) is 6.04 Å². The van der Waals surface area contributed by atoms with E-state index in [2.05, 4.69) is 5.38 Å². The average Bonchev–Trinajstić information content (AvgIpc) is 2.93. The Hall–Kier alpha value is -1.84. The topological polar surface area (TPSA) is 46.2 Å². The van der Waals surface area contributed by atoms with Crippen LogP contribution in [-0.2, 0) is 0 Å². The maximum absolute atomic E-state index is 9.87. The number of nitrogens with two attached hydrogens (primary N) is 1. The molecule has 0 amide bonds. The van der Waals surface area contributed by atoms with Crippen LogP contribution in [0, 0.1) is 0 Å². The molecule has 0 aliphatic heterocycles. The number of hydrogen-bond donors (Lipinski definition) is 2. The normalized spacial score (nSPS) is 12.7. The molecule has 0 aliphatic rings. The molecule has 1 atom stereocenters. The van der Waals surface area contributed by atoms with Crippen LogP contribution in [0.3, 0.4) is 0 Å². The second-order valence-corrected chi connectivity index (χ2v) is 5.03. The number of benzene rings is 2. The highest BCUT2D eigenvalue weighted by Crippen LogP contribution is 2.32. The van der Waals surface area contributed by atoms with Gasteiger partial charge in [0.15, 0.2) is 0 Å². The molecule has 0 aliphatic carbocycles. The van der Waals surface area contributed by atoms with E-state index >= 15 is 0 Å². The number of phenolic OH excluding ortho intramolecular Hbond substituents is 1. The Morgan fingerprint density at radius 2 is 1.78 bits per heavy atom. The van der Waals surface area contributed by atoms with Gasteiger partial charge in [0.2, 0.25) is 0 Å². The summed E-state index contributed by atoms with van der Waals surface area (Å²) in [7, 11) is 0. The van der Waals surface area contributed by atoms with Gasteiger partial charge in [-0.3, -0.25) is 0 Å². The zero-order valence-electron chi connectivity index (χ0n) is 9.71. The largest absolute Gasteiger partial charge is 0.507 e. The Morgan fingerprint density at radius 1 is 1.00 bits per heavy atom. The van der Waals surface area contributed by atoms with Crippen molar-refractivity contribution in [1.29, 1.82) is 0 Å². The predicted molar refractivity (Wildman–Crippen MR) is 76.0 cm³/mol. The lowest BCUT2D eigenvalue weighted by Gasteiger charge is -2.14. The van der Waals surface area contributed by atoms with Gasteiger partial charge in [-0.05, 0) is 39.4 Å². The van der Waals surface area contributed by atoms with Crippen LogP contribution in [0.1, 0.15) is 17.2 Å². The van der Waals surface area contributed by atoms with Gasteiger partial charge in [-0.2, -0.15) is 11.3 Å². The van der Waals surface area contributed by atoms with Crippen LogP contribution in [0.5, 0.6) is 5.75 Å². The van der Waals surface area contributed by atoms with Crippen LogP contribution >= 0.6 is 11.3 Å². The minimum Gasteiger partial charge on any atom is -0.507 e. The van der Waals surface area contributed by atoms with E-state index in [9.17, 15) is 5.11 Å². The third-order valence-electron chi connectivity index (χ3n) is 3.17. The van der Waals surface area contributed by atoms with Crippen molar-refractivity contribution in [3.63, 3.8) is 0 Å². The SMILES string of the molecule is N[C@@H](c1ccsc1)c1ccc(O)c2ccccc12. The summed E-state index contributed by atoms with van der Waals surface area (Å²) in [5.41, 5.74) is 8.45. The summed E-state index contributed by atoms with van der Waals surface area (Å²) in [6, 6.07) is 13.3. The maximum atomic E-state index is 9.87. The highest BCUT2D eigenvalue weighted by Gasteiger charge is 2.13. The Morgan fingerprint density at radius 3 is 2.50 bits per heavy atom. The second-order valence-electron chi connectivity index (χ2n) is 4.25. The zero-order chi connectivity index (χ0) is 12.5. The van der Waals surface area contributed by atoms with Crippen LogP contribution in [0.2, 0.25) is 0 Å². The van der Waals surface area contributed by atoms with Crippen molar-refractivity contribution in [3.05, 3.63) is 64.4 Å². The summed E-state index contributed by atoms with van der Waals surface area (Å²) in [6.45, 7) is 0. The van der Waals surface area contributed by atoms with Crippen molar-refractivity contribution < 1.29 is 5.11 Å². The van der Waals surface area contributed by atoms with E-state index in [1.807, 2.05) is 41.8 Å². The van der Waals surface area contributed by atoms with Crippen molar-refractivity contribution >= 4 is 22.1 Å². The first kappa shape index (κ1) is 11.3. The van der Waals surface area contributed by atoms with Crippen LogP contribution in [-0.4, -0.2) is 5.11 Å². The van der Waals surface area contributed by atoms with Gasteiger partial charge in [0.1, 0.15) is 5.75 Å². The highest BCUT2D eigenvalue weighted by atomic mass is 32.1. The maximum Gasteiger partial charge on any atom is 0.123 e. The Balaban J connectivity index is 2.21. The van der Waals surface area contributed by atoms with Gasteiger partial charge in [-0.1, -0.05) is 30.3 Å². The molecule has 1 heterocycles. The number of fused-ring (bicyclic) bond motifs is 1. The first-order valence-electron chi connectivity index (χ1n) is 5.75. The van der Waals surface area contributed by atoms with Crippen molar-refractivity contribution in [2.45, 2.75) is 6.04 Å². The van der Waals surface area contributed by atoms with Crippen LogP contribution in [0.25, 0.3) is 10.8 Å². The lowest BCUT2D eigenvalue weighted by atomic mass is 9.95. The Bertz CT molecular complexity index is 676. The third-order valence-corrected chi connectivity index (χ3v) is 3.87. The van der Waals surface area contributed by atoms with Crippen LogP contribution < -0.4 is 5.73 Å². The minimum absolute atomic E-state index is 0.151. The molecule has 0 saturated heterocycles. The van der Waals surface area contributed by atoms with Gasteiger partial charge < -0.3 is 10.8 Å². The van der Waals surface area contributed by atoms with Gasteiger partial charge in [0, 0.05) is 5.39 Å². The van der Waals surface area contributed by atoms with Gasteiger partial charge in [0.25, 0.3) is 0 Å². The number of hydrogen-bond acceptors (Lipinski definition) is 3. The molecule has 0 unspecified atom stereocenters. The van der Waals surface area contributed by atoms with Crippen molar-refractivity contribution in [3.8, 4) is 5.75 Å². The van der Waals surface area contributed by atoms with Crippen LogP contribution in [0.15, 0.2) is 53.2 Å². The van der Waals surface area contributed by atoms with E-state index < -0.39 is 0 Å². The molecule has 18 heavy (non-hydrogen) atoms. The number of rotatable bonds is 2. The van der Waals surface area contributed by atoms with E-state index in [1.165, 1.54) is 0 Å². The summed E-state index contributed by atoms with van der Waals surface area (Å²) in [5.74, 6) is 0.298. The van der Waals surface area contributed by atoms with Crippen LogP contribution in [0.4, 0.5) is 0 Å². The quantitative estimate of drug-likeness (QED) is 0.734. The standard InChI is InChI=1S/C15H13NOS/c16-15(10-7-8-18-9-10)13-5-6-14(17)12-4-2-1-3-11(12)13/h1-9,15,17H,16H2/t15-/m0/s1. The summed E-state index contributed by atoms with van der Waals surface area (Å²) in [6.07, 6.45) is 0. The van der Waals surface area contributed by atoms with E-state index in [1.54, 1.807) is 17.4 Å². The molecule has 3 N–H and O–H groups in total. The van der Waals surface area contributed by atoms with E-state index in [0.29, 0.717) is 5.75 Å². The monoisotopic (exact) mass is 255 g/mol. The molecule has 0 radical (unpaired) electrons. The van der Waals surface area contributed by atoms with Gasteiger partial charge in [-0.15, -0.1) is 0 Å². The molecule has 2 aromatic carbocycles. The third kappa shape index (κ3) is 1.78. The first-order chi connectivity index (χ1) is 8.77. The fourth-order valence-corrected chi connectivity index (χ4v) is 2.91. The van der Waals surface area contributed by atoms with E-state index in [0.717, 1.165) is 21.9 Å².